The van der Waals surface area contributed by atoms with Gasteiger partial charge in [-0.25, -0.2) is 13.6 Å². The maximum atomic E-state index is 12.7. The van der Waals surface area contributed by atoms with Gasteiger partial charge in [0.15, 0.2) is 6.29 Å². The molecule has 0 aliphatic carbocycles. The van der Waals surface area contributed by atoms with Crippen LogP contribution in [0.5, 0.6) is 0 Å². The number of aldehydes is 1. The van der Waals surface area contributed by atoms with Gasteiger partial charge in [0.2, 0.25) is 10.0 Å². The van der Waals surface area contributed by atoms with Gasteiger partial charge in [0.05, 0.1) is 11.1 Å². The van der Waals surface area contributed by atoms with E-state index >= 15 is 0 Å². The van der Waals surface area contributed by atoms with Gasteiger partial charge in [0, 0.05) is 5.56 Å². The molecule has 1 aromatic rings. The predicted molar refractivity (Wildman–Crippen MR) is 53.2 cm³/mol. The molecule has 0 radical (unpaired) electrons. The largest absolute Gasteiger partial charge is 0.418 e. The minimum Gasteiger partial charge on any atom is -0.298 e. The lowest BCUT2D eigenvalue weighted by Gasteiger charge is -2.18. The van der Waals surface area contributed by atoms with Crippen LogP contribution in [-0.4, -0.2) is 14.7 Å². The molecule has 2 N–H and O–H groups in total. The fraction of sp³-hybridized carbons (Fsp3) is 0.222. The number of hydrogen-bond donors (Lipinski definition) is 1. The van der Waals surface area contributed by atoms with E-state index in [9.17, 15) is 39.6 Å². The molecular formula is C9H5F6NO3S. The highest BCUT2D eigenvalue weighted by atomic mass is 32.2. The molecule has 112 valence electrons. The Hall–Kier alpha value is -1.62. The molecule has 20 heavy (non-hydrogen) atoms. The van der Waals surface area contributed by atoms with E-state index in [1.807, 2.05) is 0 Å². The topological polar surface area (TPSA) is 77.2 Å². The van der Waals surface area contributed by atoms with Gasteiger partial charge in [-0.3, -0.25) is 4.79 Å². The summed E-state index contributed by atoms with van der Waals surface area (Å²) in [7, 11) is -5.36. The molecule has 0 unspecified atom stereocenters. The summed E-state index contributed by atoms with van der Waals surface area (Å²) in [5.41, 5.74) is -5.57. The van der Waals surface area contributed by atoms with Crippen LogP contribution in [0.2, 0.25) is 0 Å². The smallest absolute Gasteiger partial charge is 0.298 e. The van der Waals surface area contributed by atoms with Crippen molar-refractivity contribution in [3.05, 3.63) is 28.8 Å². The van der Waals surface area contributed by atoms with Crippen LogP contribution in [0.4, 0.5) is 26.3 Å². The summed E-state index contributed by atoms with van der Waals surface area (Å²) in [4.78, 5) is 8.33. The van der Waals surface area contributed by atoms with Crippen LogP contribution in [0, 0.1) is 0 Å². The Bertz CT molecular complexity index is 647. The fourth-order valence-electron chi connectivity index (χ4n) is 1.51. The Morgan fingerprint density at radius 2 is 1.50 bits per heavy atom. The fourth-order valence-corrected chi connectivity index (χ4v) is 2.52. The highest BCUT2D eigenvalue weighted by molar-refractivity contribution is 7.89. The first-order chi connectivity index (χ1) is 8.80. The minimum atomic E-state index is -5.50. The minimum absolute atomic E-state index is 0.0543. The Balaban J connectivity index is 4.02. The van der Waals surface area contributed by atoms with E-state index in [-0.39, 0.29) is 12.1 Å². The van der Waals surface area contributed by atoms with Gasteiger partial charge in [-0.1, -0.05) is 6.07 Å². The molecule has 1 rings (SSSR count). The Labute approximate surface area is 108 Å². The van der Waals surface area contributed by atoms with E-state index in [2.05, 4.69) is 5.14 Å². The monoisotopic (exact) mass is 321 g/mol. The van der Waals surface area contributed by atoms with Crippen LogP contribution >= 0.6 is 0 Å². The number of hydrogen-bond acceptors (Lipinski definition) is 3. The maximum Gasteiger partial charge on any atom is 0.418 e. The van der Waals surface area contributed by atoms with Crippen LogP contribution in [0.25, 0.3) is 0 Å². The molecule has 11 heteroatoms. The van der Waals surface area contributed by atoms with Crippen molar-refractivity contribution in [2.75, 3.05) is 0 Å². The highest BCUT2D eigenvalue weighted by Crippen LogP contribution is 2.42. The standard InChI is InChI=1S/C9H5F6NO3S/c10-8(11,12)5-2-1-4(3-17)6(9(13,14)15)7(5)20(16,18)19/h1-3H,(H2,16,18,19). The summed E-state index contributed by atoms with van der Waals surface area (Å²) in [6.45, 7) is 0. The van der Waals surface area contributed by atoms with Crippen molar-refractivity contribution >= 4 is 16.3 Å². The second kappa shape index (κ2) is 4.74. The first kappa shape index (κ1) is 16.4. The van der Waals surface area contributed by atoms with E-state index in [0.717, 1.165) is 0 Å². The average Bonchev–Trinajstić information content (AvgIpc) is 2.23. The van der Waals surface area contributed by atoms with E-state index in [4.69, 9.17) is 0 Å². The normalized spacial score (nSPS) is 13.3. The number of nitrogens with two attached hydrogens (primary N) is 1. The Kier molecular flexibility index (Phi) is 3.89. The molecule has 1 aromatic carbocycles. The molecule has 0 atom stereocenters. The van der Waals surface area contributed by atoms with Gasteiger partial charge in [0.25, 0.3) is 0 Å². The molecule has 0 aliphatic heterocycles. The number of benzene rings is 1. The zero-order chi connectivity index (χ0) is 15.9. The second-order valence-corrected chi connectivity index (χ2v) is 5.06. The summed E-state index contributed by atoms with van der Waals surface area (Å²) in [6, 6.07) is 0.284. The molecule has 0 aliphatic rings. The first-order valence-corrected chi connectivity index (χ1v) is 6.14. The van der Waals surface area contributed by atoms with Crippen LogP contribution in [-0.2, 0) is 22.4 Å². The quantitative estimate of drug-likeness (QED) is 0.670. The van der Waals surface area contributed by atoms with Crippen molar-refractivity contribution in [1.29, 1.82) is 0 Å². The molecule has 0 heterocycles. The van der Waals surface area contributed by atoms with Gasteiger partial charge >= 0.3 is 12.4 Å². The maximum absolute atomic E-state index is 12.7. The first-order valence-electron chi connectivity index (χ1n) is 4.59. The lowest BCUT2D eigenvalue weighted by Crippen LogP contribution is -2.25. The van der Waals surface area contributed by atoms with Gasteiger partial charge in [-0.15, -0.1) is 0 Å². The van der Waals surface area contributed by atoms with E-state index in [0.29, 0.717) is 0 Å². The Morgan fingerprint density at radius 1 is 1.00 bits per heavy atom. The molecule has 4 nitrogen and oxygen atoms in total. The molecule has 0 bridgehead atoms. The van der Waals surface area contributed by atoms with Crippen LogP contribution in [0.3, 0.4) is 0 Å². The lowest BCUT2D eigenvalue weighted by atomic mass is 10.0. The molecular weight excluding hydrogens is 316 g/mol. The second-order valence-electron chi connectivity index (χ2n) is 3.56. The third-order valence-corrected chi connectivity index (χ3v) is 3.18. The van der Waals surface area contributed by atoms with Crippen molar-refractivity contribution in [3.8, 4) is 0 Å². The van der Waals surface area contributed by atoms with Crippen molar-refractivity contribution in [2.24, 2.45) is 5.14 Å². The number of sulfonamides is 1. The van der Waals surface area contributed by atoms with Crippen molar-refractivity contribution < 1.29 is 39.6 Å². The number of carbonyl (C=O) groups is 1. The third-order valence-electron chi connectivity index (χ3n) is 2.19. The molecule has 0 fully saturated rings. The number of alkyl halides is 6. The number of rotatable bonds is 2. The van der Waals surface area contributed by atoms with Crippen LogP contribution in [0.15, 0.2) is 17.0 Å². The SMILES string of the molecule is NS(=O)(=O)c1c(C(F)(F)F)ccc(C=O)c1C(F)(F)F. The Morgan fingerprint density at radius 3 is 1.80 bits per heavy atom. The van der Waals surface area contributed by atoms with Gasteiger partial charge in [0.1, 0.15) is 4.90 Å². The van der Waals surface area contributed by atoms with Crippen molar-refractivity contribution in [1.82, 2.24) is 0 Å². The van der Waals surface area contributed by atoms with Gasteiger partial charge in [-0.05, 0) is 6.07 Å². The van der Waals surface area contributed by atoms with E-state index in [1.54, 1.807) is 0 Å². The zero-order valence-electron chi connectivity index (χ0n) is 9.21. The molecule has 0 amide bonds. The summed E-state index contributed by atoms with van der Waals surface area (Å²) < 4.78 is 98.3. The van der Waals surface area contributed by atoms with E-state index in [1.165, 1.54) is 0 Å². The molecule has 0 saturated carbocycles. The van der Waals surface area contributed by atoms with Crippen LogP contribution in [0.1, 0.15) is 21.5 Å². The number of halogens is 6. The lowest BCUT2D eigenvalue weighted by molar-refractivity contribution is -0.147. The number of carbonyl (C=O) groups excluding carboxylic acids is 1. The average molecular weight is 321 g/mol. The van der Waals surface area contributed by atoms with Crippen molar-refractivity contribution in [2.45, 2.75) is 17.2 Å². The zero-order valence-corrected chi connectivity index (χ0v) is 10.0. The van der Waals surface area contributed by atoms with Crippen LogP contribution < -0.4 is 5.14 Å². The summed E-state index contributed by atoms with van der Waals surface area (Å²) in [5, 5.41) is 4.43. The van der Waals surface area contributed by atoms with Gasteiger partial charge < -0.3 is 0 Å². The summed E-state index contributed by atoms with van der Waals surface area (Å²) in [5.74, 6) is 0. The highest BCUT2D eigenvalue weighted by Gasteiger charge is 2.45. The summed E-state index contributed by atoms with van der Waals surface area (Å²) >= 11 is 0. The van der Waals surface area contributed by atoms with E-state index < -0.39 is 50.2 Å². The van der Waals surface area contributed by atoms with Gasteiger partial charge in [-0.2, -0.15) is 26.3 Å². The van der Waals surface area contributed by atoms with Crippen molar-refractivity contribution in [3.63, 3.8) is 0 Å². The molecule has 0 saturated heterocycles. The predicted octanol–water partition coefficient (Wildman–Crippen LogP) is 2.18. The molecule has 0 aromatic heterocycles. The third kappa shape index (κ3) is 3.10. The number of primary sulfonamides is 1. The summed E-state index contributed by atoms with van der Waals surface area (Å²) in [6.07, 6.45) is -11.3. The molecule has 0 spiro atoms.